The number of hydrogen-bond donors (Lipinski definition) is 2. The van der Waals surface area contributed by atoms with Gasteiger partial charge in [-0.2, -0.15) is 5.26 Å². The number of benzene rings is 2. The number of nitrogens with zero attached hydrogens (tertiary/aromatic N) is 2. The molecule has 0 fully saturated rings. The van der Waals surface area contributed by atoms with E-state index in [1.807, 2.05) is 30.3 Å². The van der Waals surface area contributed by atoms with E-state index in [9.17, 15) is 4.79 Å². The van der Waals surface area contributed by atoms with Crippen LogP contribution in [-0.2, 0) is 0 Å². The van der Waals surface area contributed by atoms with E-state index in [0.717, 1.165) is 17.1 Å². The Bertz CT molecular complexity index is 893. The Kier molecular flexibility index (Phi) is 4.07. The zero-order valence-electron chi connectivity index (χ0n) is 12.2. The monoisotopic (exact) mass is 302 g/mol. The van der Waals surface area contributed by atoms with Gasteiger partial charge < -0.3 is 5.32 Å². The van der Waals surface area contributed by atoms with E-state index in [1.165, 1.54) is 10.7 Å². The van der Waals surface area contributed by atoms with Gasteiger partial charge in [0.05, 0.1) is 29.2 Å². The number of para-hydroxylation sites is 1. The summed E-state index contributed by atoms with van der Waals surface area (Å²) in [4.78, 5) is 12.0. The lowest BCUT2D eigenvalue weighted by Crippen LogP contribution is -2.25. The zero-order chi connectivity index (χ0) is 16.1. The van der Waals surface area contributed by atoms with Crippen molar-refractivity contribution in [2.45, 2.75) is 0 Å². The zero-order valence-corrected chi connectivity index (χ0v) is 12.2. The highest BCUT2D eigenvalue weighted by Gasteiger charge is 2.00. The van der Waals surface area contributed by atoms with Crippen molar-refractivity contribution in [3.8, 4) is 6.07 Å². The number of hydrogen-bond acceptors (Lipinski definition) is 4. The average Bonchev–Trinajstić information content (AvgIpc) is 2.59. The maximum atomic E-state index is 12.0. The molecule has 0 radical (unpaired) electrons. The van der Waals surface area contributed by atoms with Gasteiger partial charge in [-0.25, -0.2) is 4.68 Å². The quantitative estimate of drug-likeness (QED) is 0.775. The van der Waals surface area contributed by atoms with Gasteiger partial charge in [-0.1, -0.05) is 18.2 Å². The topological polar surface area (TPSA) is 69.8 Å². The standard InChI is InChI=1S/C18H14N4O/c19-12-14-6-8-16(9-7-14)21-22-13-17(10-11-18(22)23)20-15-4-2-1-3-5-15/h1-11,13,20-21H. The van der Waals surface area contributed by atoms with E-state index in [0.29, 0.717) is 5.56 Å². The van der Waals surface area contributed by atoms with Crippen molar-refractivity contribution in [2.75, 3.05) is 10.7 Å². The summed E-state index contributed by atoms with van der Waals surface area (Å²) in [5.74, 6) is 0. The second kappa shape index (κ2) is 6.50. The fourth-order valence-corrected chi connectivity index (χ4v) is 2.09. The van der Waals surface area contributed by atoms with Gasteiger partial charge in [0.25, 0.3) is 5.56 Å². The number of pyridine rings is 1. The molecule has 0 aliphatic carbocycles. The van der Waals surface area contributed by atoms with Crippen molar-refractivity contribution >= 4 is 17.1 Å². The van der Waals surface area contributed by atoms with E-state index < -0.39 is 0 Å². The molecule has 5 nitrogen and oxygen atoms in total. The predicted octanol–water partition coefficient (Wildman–Crippen LogP) is 3.34. The SMILES string of the molecule is N#Cc1ccc(Nn2cc(Nc3ccccc3)ccc2=O)cc1. The first-order valence-electron chi connectivity index (χ1n) is 7.06. The van der Waals surface area contributed by atoms with Crippen LogP contribution >= 0.6 is 0 Å². The van der Waals surface area contributed by atoms with Gasteiger partial charge in [0, 0.05) is 11.8 Å². The van der Waals surface area contributed by atoms with Crippen LogP contribution in [0.5, 0.6) is 0 Å². The number of aromatic nitrogens is 1. The second-order valence-corrected chi connectivity index (χ2v) is 4.92. The van der Waals surface area contributed by atoms with E-state index in [1.54, 1.807) is 36.5 Å². The Morgan fingerprint density at radius 2 is 1.52 bits per heavy atom. The fourth-order valence-electron chi connectivity index (χ4n) is 2.09. The second-order valence-electron chi connectivity index (χ2n) is 4.92. The van der Waals surface area contributed by atoms with Crippen LogP contribution in [0.15, 0.2) is 77.7 Å². The van der Waals surface area contributed by atoms with Crippen LogP contribution in [0.4, 0.5) is 17.1 Å². The van der Waals surface area contributed by atoms with Gasteiger partial charge in [-0.15, -0.1) is 0 Å². The molecule has 0 saturated carbocycles. The molecule has 0 aliphatic heterocycles. The summed E-state index contributed by atoms with van der Waals surface area (Å²) < 4.78 is 1.40. The number of nitrogens with one attached hydrogen (secondary N) is 2. The van der Waals surface area contributed by atoms with Crippen LogP contribution < -0.4 is 16.3 Å². The van der Waals surface area contributed by atoms with E-state index in [2.05, 4.69) is 16.8 Å². The maximum Gasteiger partial charge on any atom is 0.269 e. The van der Waals surface area contributed by atoms with E-state index >= 15 is 0 Å². The van der Waals surface area contributed by atoms with Gasteiger partial charge in [-0.3, -0.25) is 10.2 Å². The van der Waals surface area contributed by atoms with Gasteiger partial charge in [0.15, 0.2) is 0 Å². The van der Waals surface area contributed by atoms with Crippen LogP contribution in [0.1, 0.15) is 5.56 Å². The van der Waals surface area contributed by atoms with Crippen molar-refractivity contribution in [1.82, 2.24) is 4.68 Å². The van der Waals surface area contributed by atoms with Crippen molar-refractivity contribution in [3.05, 3.63) is 88.8 Å². The lowest BCUT2D eigenvalue weighted by molar-refractivity contribution is 0.901. The first-order chi connectivity index (χ1) is 11.2. The molecule has 23 heavy (non-hydrogen) atoms. The van der Waals surface area contributed by atoms with Gasteiger partial charge in [0.1, 0.15) is 0 Å². The molecule has 1 heterocycles. The normalized spacial score (nSPS) is 9.87. The minimum absolute atomic E-state index is 0.173. The van der Waals surface area contributed by atoms with Crippen LogP contribution in [0.3, 0.4) is 0 Å². The molecule has 0 spiro atoms. The highest BCUT2D eigenvalue weighted by molar-refractivity contribution is 5.58. The predicted molar refractivity (Wildman–Crippen MR) is 90.6 cm³/mol. The lowest BCUT2D eigenvalue weighted by Gasteiger charge is -2.12. The minimum atomic E-state index is -0.173. The third-order valence-electron chi connectivity index (χ3n) is 3.24. The van der Waals surface area contributed by atoms with Gasteiger partial charge in [-0.05, 0) is 42.5 Å². The number of anilines is 3. The van der Waals surface area contributed by atoms with Crippen LogP contribution in [-0.4, -0.2) is 4.68 Å². The molecule has 2 N–H and O–H groups in total. The Morgan fingerprint density at radius 3 is 2.22 bits per heavy atom. The molecule has 1 aromatic heterocycles. The molecule has 0 bridgehead atoms. The van der Waals surface area contributed by atoms with Crippen LogP contribution in [0, 0.1) is 11.3 Å². The van der Waals surface area contributed by atoms with Crippen molar-refractivity contribution in [2.24, 2.45) is 0 Å². The summed E-state index contributed by atoms with van der Waals surface area (Å²) in [6.07, 6.45) is 1.69. The largest absolute Gasteiger partial charge is 0.354 e. The van der Waals surface area contributed by atoms with Crippen molar-refractivity contribution in [1.29, 1.82) is 5.26 Å². The summed E-state index contributed by atoms with van der Waals surface area (Å²) in [5.41, 5.74) is 5.86. The van der Waals surface area contributed by atoms with E-state index in [-0.39, 0.29) is 5.56 Å². The molecule has 112 valence electrons. The Balaban J connectivity index is 1.83. The highest BCUT2D eigenvalue weighted by Crippen LogP contribution is 2.15. The van der Waals surface area contributed by atoms with Gasteiger partial charge in [0.2, 0.25) is 0 Å². The number of nitriles is 1. The summed E-state index contributed by atoms with van der Waals surface area (Å²) in [5, 5.41) is 12.0. The fraction of sp³-hybridized carbons (Fsp3) is 0. The molecular formula is C18H14N4O. The molecular weight excluding hydrogens is 288 g/mol. The van der Waals surface area contributed by atoms with Gasteiger partial charge >= 0.3 is 0 Å². The van der Waals surface area contributed by atoms with Crippen molar-refractivity contribution < 1.29 is 0 Å². The third kappa shape index (κ3) is 3.57. The highest BCUT2D eigenvalue weighted by atomic mass is 16.1. The molecule has 5 heteroatoms. The average molecular weight is 302 g/mol. The first kappa shape index (κ1) is 14.4. The smallest absolute Gasteiger partial charge is 0.269 e. The summed E-state index contributed by atoms with van der Waals surface area (Å²) in [7, 11) is 0. The molecule has 0 aliphatic rings. The Morgan fingerprint density at radius 1 is 0.826 bits per heavy atom. The minimum Gasteiger partial charge on any atom is -0.354 e. The first-order valence-corrected chi connectivity index (χ1v) is 7.06. The number of rotatable bonds is 4. The molecule has 0 atom stereocenters. The van der Waals surface area contributed by atoms with Crippen LogP contribution in [0.2, 0.25) is 0 Å². The van der Waals surface area contributed by atoms with Crippen molar-refractivity contribution in [3.63, 3.8) is 0 Å². The molecule has 0 saturated heterocycles. The summed E-state index contributed by atoms with van der Waals surface area (Å²) in [6, 6.07) is 21.9. The molecule has 0 unspecified atom stereocenters. The third-order valence-corrected chi connectivity index (χ3v) is 3.24. The molecule has 3 rings (SSSR count). The molecule has 2 aromatic carbocycles. The van der Waals surface area contributed by atoms with Crippen LogP contribution in [0.25, 0.3) is 0 Å². The molecule has 0 amide bonds. The Hall–Kier alpha value is -3.52. The Labute approximate surface area is 133 Å². The molecule has 3 aromatic rings. The summed E-state index contributed by atoms with van der Waals surface area (Å²) in [6.45, 7) is 0. The van der Waals surface area contributed by atoms with E-state index in [4.69, 9.17) is 5.26 Å². The maximum absolute atomic E-state index is 12.0. The lowest BCUT2D eigenvalue weighted by atomic mass is 10.2. The summed E-state index contributed by atoms with van der Waals surface area (Å²) >= 11 is 0.